The third kappa shape index (κ3) is 3.11. The second kappa shape index (κ2) is 5.40. The standard InChI is InChI=1S/C11H12FN5O3S/c1-17-6-8(5-14-17)21(19,20)16-10-3-2-7(12)4-9(10)11(13)15-18/h2-6,16,18H,1H3,(H2,13,15). The zero-order valence-corrected chi connectivity index (χ0v) is 11.7. The lowest BCUT2D eigenvalue weighted by atomic mass is 10.1. The summed E-state index contributed by atoms with van der Waals surface area (Å²) in [4.78, 5) is -0.0696. The second-order valence-electron chi connectivity index (χ2n) is 4.13. The summed E-state index contributed by atoms with van der Waals surface area (Å²) in [6.07, 6.45) is 2.46. The predicted molar refractivity (Wildman–Crippen MR) is 72.9 cm³/mol. The van der Waals surface area contributed by atoms with Crippen LogP contribution in [-0.2, 0) is 17.1 Å². The molecule has 0 aliphatic heterocycles. The molecule has 0 amide bonds. The Morgan fingerprint density at radius 1 is 1.52 bits per heavy atom. The van der Waals surface area contributed by atoms with Gasteiger partial charge in [0.15, 0.2) is 5.84 Å². The van der Waals surface area contributed by atoms with Gasteiger partial charge in [-0.1, -0.05) is 5.16 Å². The lowest BCUT2D eigenvalue weighted by Gasteiger charge is -2.10. The Balaban J connectivity index is 2.44. The molecule has 1 aromatic heterocycles. The Labute approximate surface area is 119 Å². The largest absolute Gasteiger partial charge is 0.409 e. The molecule has 0 bridgehead atoms. The van der Waals surface area contributed by atoms with Gasteiger partial charge >= 0.3 is 0 Å². The first kappa shape index (κ1) is 14.8. The van der Waals surface area contributed by atoms with Crippen molar-refractivity contribution >= 4 is 21.5 Å². The van der Waals surface area contributed by atoms with Crippen LogP contribution in [0.2, 0.25) is 0 Å². The first-order valence-electron chi connectivity index (χ1n) is 5.62. The molecule has 0 saturated heterocycles. The van der Waals surface area contributed by atoms with E-state index in [1.165, 1.54) is 16.9 Å². The number of anilines is 1. The molecule has 8 nitrogen and oxygen atoms in total. The van der Waals surface area contributed by atoms with Gasteiger partial charge in [0.1, 0.15) is 10.7 Å². The number of amidine groups is 1. The van der Waals surface area contributed by atoms with E-state index in [1.807, 2.05) is 0 Å². The van der Waals surface area contributed by atoms with Crippen molar-refractivity contribution in [1.82, 2.24) is 9.78 Å². The minimum atomic E-state index is -3.92. The highest BCUT2D eigenvalue weighted by atomic mass is 32.2. The van der Waals surface area contributed by atoms with Gasteiger partial charge in [0.05, 0.1) is 11.9 Å². The van der Waals surface area contributed by atoms with Crippen molar-refractivity contribution in [3.63, 3.8) is 0 Å². The number of benzene rings is 1. The van der Waals surface area contributed by atoms with Crippen LogP contribution < -0.4 is 10.5 Å². The van der Waals surface area contributed by atoms with Crippen molar-refractivity contribution in [2.75, 3.05) is 4.72 Å². The van der Waals surface area contributed by atoms with Gasteiger partial charge in [-0.15, -0.1) is 0 Å². The second-order valence-corrected chi connectivity index (χ2v) is 5.81. The number of nitrogens with zero attached hydrogens (tertiary/aromatic N) is 3. The first-order chi connectivity index (χ1) is 9.83. The number of oxime groups is 1. The number of nitrogens with two attached hydrogens (primary N) is 1. The number of hydrogen-bond acceptors (Lipinski definition) is 5. The molecule has 4 N–H and O–H groups in total. The molecule has 112 valence electrons. The molecule has 0 aliphatic carbocycles. The molecule has 0 atom stereocenters. The van der Waals surface area contributed by atoms with E-state index < -0.39 is 21.7 Å². The number of sulfonamides is 1. The van der Waals surface area contributed by atoms with E-state index in [2.05, 4.69) is 15.0 Å². The van der Waals surface area contributed by atoms with E-state index >= 15 is 0 Å². The molecule has 0 saturated carbocycles. The number of halogens is 1. The molecule has 0 spiro atoms. The number of aromatic nitrogens is 2. The van der Waals surface area contributed by atoms with Gasteiger partial charge in [0, 0.05) is 18.8 Å². The fourth-order valence-corrected chi connectivity index (χ4v) is 2.68. The minimum Gasteiger partial charge on any atom is -0.409 e. The normalized spacial score (nSPS) is 12.4. The summed E-state index contributed by atoms with van der Waals surface area (Å²) in [5.74, 6) is -1.07. The highest BCUT2D eigenvalue weighted by molar-refractivity contribution is 7.92. The highest BCUT2D eigenvalue weighted by Crippen LogP contribution is 2.21. The molecular formula is C11H12FN5O3S. The minimum absolute atomic E-state index is 0.0180. The van der Waals surface area contributed by atoms with E-state index in [-0.39, 0.29) is 16.1 Å². The molecule has 0 unspecified atom stereocenters. The summed E-state index contributed by atoms with van der Waals surface area (Å²) >= 11 is 0. The summed E-state index contributed by atoms with van der Waals surface area (Å²) < 4.78 is 41.1. The Kier molecular flexibility index (Phi) is 3.80. The van der Waals surface area contributed by atoms with Crippen molar-refractivity contribution in [3.05, 3.63) is 42.0 Å². The van der Waals surface area contributed by atoms with Crippen LogP contribution in [-0.4, -0.2) is 29.2 Å². The molecule has 1 heterocycles. The molecule has 0 radical (unpaired) electrons. The summed E-state index contributed by atoms with van der Waals surface area (Å²) in [6.45, 7) is 0. The van der Waals surface area contributed by atoms with Crippen LogP contribution in [0, 0.1) is 5.82 Å². The van der Waals surface area contributed by atoms with E-state index in [1.54, 1.807) is 7.05 Å². The van der Waals surface area contributed by atoms with Crippen molar-refractivity contribution in [3.8, 4) is 0 Å². The SMILES string of the molecule is Cn1cc(S(=O)(=O)Nc2ccc(F)cc2/C(N)=N/O)cn1. The van der Waals surface area contributed by atoms with Crippen molar-refractivity contribution in [2.45, 2.75) is 4.90 Å². The fourth-order valence-electron chi connectivity index (χ4n) is 1.61. The monoisotopic (exact) mass is 313 g/mol. The lowest BCUT2D eigenvalue weighted by Crippen LogP contribution is -2.19. The highest BCUT2D eigenvalue weighted by Gasteiger charge is 2.19. The Hall–Kier alpha value is -2.62. The van der Waals surface area contributed by atoms with Crippen molar-refractivity contribution < 1.29 is 18.0 Å². The summed E-state index contributed by atoms with van der Waals surface area (Å²) in [5.41, 5.74) is 5.31. The molecule has 0 fully saturated rings. The topological polar surface area (TPSA) is 123 Å². The average Bonchev–Trinajstić information content (AvgIpc) is 2.87. The number of nitrogens with one attached hydrogen (secondary N) is 1. The van der Waals surface area contributed by atoms with Crippen LogP contribution in [0.3, 0.4) is 0 Å². The zero-order chi connectivity index (χ0) is 15.6. The maximum Gasteiger partial charge on any atom is 0.265 e. The van der Waals surface area contributed by atoms with E-state index in [9.17, 15) is 12.8 Å². The Bertz CT molecular complexity index is 800. The van der Waals surface area contributed by atoms with Gasteiger partial charge in [0.2, 0.25) is 0 Å². The summed E-state index contributed by atoms with van der Waals surface area (Å²) in [5, 5.41) is 15.2. The van der Waals surface area contributed by atoms with Gasteiger partial charge in [-0.05, 0) is 18.2 Å². The van der Waals surface area contributed by atoms with Crippen molar-refractivity contribution in [1.29, 1.82) is 0 Å². The van der Waals surface area contributed by atoms with Crippen LogP contribution in [0.1, 0.15) is 5.56 Å². The van der Waals surface area contributed by atoms with Gasteiger partial charge in [0.25, 0.3) is 10.0 Å². The molecule has 2 aromatic rings. The van der Waals surface area contributed by atoms with Crippen LogP contribution in [0.15, 0.2) is 40.6 Å². The van der Waals surface area contributed by atoms with Crippen LogP contribution in [0.5, 0.6) is 0 Å². The number of hydrogen-bond donors (Lipinski definition) is 3. The molecule has 0 aliphatic rings. The molecule has 21 heavy (non-hydrogen) atoms. The molecule has 1 aromatic carbocycles. The fraction of sp³-hybridized carbons (Fsp3) is 0.0909. The smallest absolute Gasteiger partial charge is 0.265 e. The van der Waals surface area contributed by atoms with E-state index in [0.717, 1.165) is 18.3 Å². The van der Waals surface area contributed by atoms with Gasteiger partial charge in [-0.25, -0.2) is 12.8 Å². The summed E-state index contributed by atoms with van der Waals surface area (Å²) in [7, 11) is -2.35. The number of rotatable bonds is 4. The molecular weight excluding hydrogens is 301 g/mol. The average molecular weight is 313 g/mol. The van der Waals surface area contributed by atoms with Gasteiger partial charge < -0.3 is 10.9 Å². The third-order valence-corrected chi connectivity index (χ3v) is 3.92. The van der Waals surface area contributed by atoms with Gasteiger partial charge in [-0.2, -0.15) is 5.10 Å². The maximum absolute atomic E-state index is 13.2. The van der Waals surface area contributed by atoms with Gasteiger partial charge in [-0.3, -0.25) is 9.40 Å². The maximum atomic E-state index is 13.2. The first-order valence-corrected chi connectivity index (χ1v) is 7.11. The predicted octanol–water partition coefficient (Wildman–Crippen LogP) is 0.454. The molecule has 10 heteroatoms. The van der Waals surface area contributed by atoms with Crippen molar-refractivity contribution in [2.24, 2.45) is 17.9 Å². The Morgan fingerprint density at radius 2 is 2.24 bits per heavy atom. The third-order valence-electron chi connectivity index (χ3n) is 2.60. The molecule has 2 rings (SSSR count). The summed E-state index contributed by atoms with van der Waals surface area (Å²) in [6, 6.07) is 3.18. The van der Waals surface area contributed by atoms with Crippen LogP contribution in [0.4, 0.5) is 10.1 Å². The quantitative estimate of drug-likeness (QED) is 0.327. The van der Waals surface area contributed by atoms with Crippen LogP contribution >= 0.6 is 0 Å². The Morgan fingerprint density at radius 3 is 2.81 bits per heavy atom. The zero-order valence-electron chi connectivity index (χ0n) is 10.9. The van der Waals surface area contributed by atoms with Crippen LogP contribution in [0.25, 0.3) is 0 Å². The number of aryl methyl sites for hydroxylation is 1. The lowest BCUT2D eigenvalue weighted by molar-refractivity contribution is 0.318. The van der Waals surface area contributed by atoms with E-state index in [4.69, 9.17) is 10.9 Å². The van der Waals surface area contributed by atoms with E-state index in [0.29, 0.717) is 0 Å².